The van der Waals surface area contributed by atoms with Crippen LogP contribution in [0.15, 0.2) is 24.3 Å². The van der Waals surface area contributed by atoms with Gasteiger partial charge in [0.25, 0.3) is 0 Å². The molecule has 2 unspecified atom stereocenters. The predicted molar refractivity (Wildman–Crippen MR) is 80.1 cm³/mol. The van der Waals surface area contributed by atoms with Crippen LogP contribution in [0.4, 0.5) is 0 Å². The highest BCUT2D eigenvalue weighted by atomic mass is 14.7. The first kappa shape index (κ1) is 13.2. The Bertz CT molecular complexity index is 509. The second-order valence-electron chi connectivity index (χ2n) is 5.81. The van der Waals surface area contributed by atoms with Crippen LogP contribution in [0.3, 0.4) is 0 Å². The molecule has 1 heteroatoms. The Labute approximate surface area is 111 Å². The van der Waals surface area contributed by atoms with Crippen LogP contribution in [0.5, 0.6) is 0 Å². The first-order valence-electron chi connectivity index (χ1n) is 7.19. The van der Waals surface area contributed by atoms with Crippen LogP contribution in [0.25, 0.3) is 10.9 Å². The summed E-state index contributed by atoms with van der Waals surface area (Å²) in [6.07, 6.45) is 3.89. The van der Waals surface area contributed by atoms with E-state index in [1.807, 2.05) is 0 Å². The largest absolute Gasteiger partial charge is 0.358 e. The van der Waals surface area contributed by atoms with E-state index in [-0.39, 0.29) is 0 Å². The number of H-pyrrole nitrogens is 1. The van der Waals surface area contributed by atoms with Crippen molar-refractivity contribution >= 4 is 10.9 Å². The Morgan fingerprint density at radius 3 is 2.61 bits per heavy atom. The maximum atomic E-state index is 3.56. The van der Waals surface area contributed by atoms with Crippen molar-refractivity contribution in [2.24, 2.45) is 5.92 Å². The molecule has 2 rings (SSSR count). The van der Waals surface area contributed by atoms with Crippen molar-refractivity contribution in [2.45, 2.75) is 52.9 Å². The van der Waals surface area contributed by atoms with Crippen molar-refractivity contribution in [1.82, 2.24) is 4.98 Å². The van der Waals surface area contributed by atoms with E-state index in [0.29, 0.717) is 5.92 Å². The number of aryl methyl sites for hydroxylation is 1. The van der Waals surface area contributed by atoms with Gasteiger partial charge in [0.15, 0.2) is 0 Å². The molecule has 0 bridgehead atoms. The van der Waals surface area contributed by atoms with Crippen LogP contribution in [0, 0.1) is 12.8 Å². The van der Waals surface area contributed by atoms with Gasteiger partial charge in [0.05, 0.1) is 0 Å². The summed E-state index contributed by atoms with van der Waals surface area (Å²) in [6.45, 7) is 9.11. The summed E-state index contributed by atoms with van der Waals surface area (Å²) in [6, 6.07) is 8.95. The molecular weight excluding hydrogens is 218 g/mol. The van der Waals surface area contributed by atoms with Gasteiger partial charge in [-0.25, -0.2) is 0 Å². The first-order chi connectivity index (χ1) is 8.60. The zero-order valence-corrected chi connectivity index (χ0v) is 12.1. The fourth-order valence-electron chi connectivity index (χ4n) is 2.43. The van der Waals surface area contributed by atoms with E-state index in [4.69, 9.17) is 0 Å². The van der Waals surface area contributed by atoms with Crippen molar-refractivity contribution < 1.29 is 0 Å². The average Bonchev–Trinajstić information content (AvgIpc) is 2.78. The van der Waals surface area contributed by atoms with Crippen molar-refractivity contribution in [1.29, 1.82) is 0 Å². The number of aromatic nitrogens is 1. The van der Waals surface area contributed by atoms with Gasteiger partial charge in [0.1, 0.15) is 0 Å². The molecule has 0 aliphatic rings. The third kappa shape index (κ3) is 2.95. The fourth-order valence-corrected chi connectivity index (χ4v) is 2.43. The zero-order chi connectivity index (χ0) is 13.1. The molecule has 0 amide bonds. The second kappa shape index (κ2) is 5.60. The van der Waals surface area contributed by atoms with Crippen LogP contribution in [-0.2, 0) is 0 Å². The molecule has 1 heterocycles. The lowest BCUT2D eigenvalue weighted by Crippen LogP contribution is -1.98. The van der Waals surface area contributed by atoms with Gasteiger partial charge in [0.2, 0.25) is 0 Å². The van der Waals surface area contributed by atoms with Gasteiger partial charge < -0.3 is 4.98 Å². The van der Waals surface area contributed by atoms with Gasteiger partial charge in [-0.3, -0.25) is 0 Å². The van der Waals surface area contributed by atoms with Gasteiger partial charge in [0, 0.05) is 11.2 Å². The topological polar surface area (TPSA) is 15.8 Å². The molecule has 0 spiro atoms. The third-order valence-corrected chi connectivity index (χ3v) is 4.12. The minimum absolute atomic E-state index is 0.631. The van der Waals surface area contributed by atoms with Crippen molar-refractivity contribution in [3.05, 3.63) is 35.5 Å². The molecule has 1 N–H and O–H groups in total. The Hall–Kier alpha value is -1.24. The average molecular weight is 243 g/mol. The second-order valence-corrected chi connectivity index (χ2v) is 5.81. The molecule has 1 nitrogen and oxygen atoms in total. The standard InChI is InChI=1S/C17H25N/c1-5-12(2)6-8-14(4)17-11-15-10-13(3)7-9-16(15)18-17/h7,9-12,14,18H,5-6,8H2,1-4H3. The number of hydrogen-bond donors (Lipinski definition) is 1. The highest BCUT2D eigenvalue weighted by molar-refractivity contribution is 5.81. The molecule has 18 heavy (non-hydrogen) atoms. The van der Waals surface area contributed by atoms with E-state index in [9.17, 15) is 0 Å². The minimum Gasteiger partial charge on any atom is -0.358 e. The number of rotatable bonds is 5. The number of hydrogen-bond acceptors (Lipinski definition) is 0. The highest BCUT2D eigenvalue weighted by Gasteiger charge is 2.10. The predicted octanol–water partition coefficient (Wildman–Crippen LogP) is 5.41. The van der Waals surface area contributed by atoms with Gasteiger partial charge in [-0.1, -0.05) is 45.2 Å². The maximum absolute atomic E-state index is 3.56. The number of benzene rings is 1. The van der Waals surface area contributed by atoms with Crippen molar-refractivity contribution in [3.63, 3.8) is 0 Å². The molecular formula is C17H25N. The molecule has 0 saturated carbocycles. The summed E-state index contributed by atoms with van der Waals surface area (Å²) in [5.41, 5.74) is 3.99. The highest BCUT2D eigenvalue weighted by Crippen LogP contribution is 2.26. The number of fused-ring (bicyclic) bond motifs is 1. The lowest BCUT2D eigenvalue weighted by molar-refractivity contribution is 0.468. The SMILES string of the molecule is CCC(C)CCC(C)c1cc2cc(C)ccc2[nH]1. The Morgan fingerprint density at radius 1 is 1.11 bits per heavy atom. The first-order valence-corrected chi connectivity index (χ1v) is 7.19. The molecule has 98 valence electrons. The third-order valence-electron chi connectivity index (χ3n) is 4.12. The Balaban J connectivity index is 2.10. The van der Waals surface area contributed by atoms with Crippen LogP contribution < -0.4 is 0 Å². The van der Waals surface area contributed by atoms with E-state index in [2.05, 4.69) is 56.9 Å². The monoisotopic (exact) mass is 243 g/mol. The molecule has 1 aromatic heterocycles. The quantitative estimate of drug-likeness (QED) is 0.723. The summed E-state index contributed by atoms with van der Waals surface area (Å²) in [5, 5.41) is 1.35. The van der Waals surface area contributed by atoms with Gasteiger partial charge in [-0.15, -0.1) is 0 Å². The molecule has 0 fully saturated rings. The summed E-state index contributed by atoms with van der Waals surface area (Å²) in [7, 11) is 0. The molecule has 1 aromatic carbocycles. The van der Waals surface area contributed by atoms with Crippen LogP contribution in [-0.4, -0.2) is 4.98 Å². The normalized spacial score (nSPS) is 14.9. The van der Waals surface area contributed by atoms with E-state index < -0.39 is 0 Å². The van der Waals surface area contributed by atoms with E-state index >= 15 is 0 Å². The number of aromatic amines is 1. The van der Waals surface area contributed by atoms with E-state index in [1.54, 1.807) is 0 Å². The lowest BCUT2D eigenvalue weighted by Gasteiger charge is -2.12. The molecule has 0 aliphatic heterocycles. The molecule has 2 atom stereocenters. The smallest absolute Gasteiger partial charge is 0.0456 e. The molecule has 0 aliphatic carbocycles. The van der Waals surface area contributed by atoms with Crippen molar-refractivity contribution in [3.8, 4) is 0 Å². The van der Waals surface area contributed by atoms with E-state index in [1.165, 1.54) is 41.4 Å². The summed E-state index contributed by atoms with van der Waals surface area (Å²) < 4.78 is 0. The minimum atomic E-state index is 0.631. The summed E-state index contributed by atoms with van der Waals surface area (Å²) in [5.74, 6) is 1.48. The molecule has 2 aromatic rings. The zero-order valence-electron chi connectivity index (χ0n) is 12.1. The fraction of sp³-hybridized carbons (Fsp3) is 0.529. The van der Waals surface area contributed by atoms with Crippen LogP contribution in [0.1, 0.15) is 57.2 Å². The van der Waals surface area contributed by atoms with Gasteiger partial charge >= 0.3 is 0 Å². The summed E-state index contributed by atoms with van der Waals surface area (Å²) in [4.78, 5) is 3.56. The van der Waals surface area contributed by atoms with Crippen LogP contribution in [0.2, 0.25) is 0 Å². The Kier molecular flexibility index (Phi) is 4.11. The molecule has 0 saturated heterocycles. The maximum Gasteiger partial charge on any atom is 0.0456 e. The number of nitrogens with one attached hydrogen (secondary N) is 1. The Morgan fingerprint density at radius 2 is 1.89 bits per heavy atom. The van der Waals surface area contributed by atoms with Crippen molar-refractivity contribution in [2.75, 3.05) is 0 Å². The van der Waals surface area contributed by atoms with Gasteiger partial charge in [-0.2, -0.15) is 0 Å². The molecule has 0 radical (unpaired) electrons. The summed E-state index contributed by atoms with van der Waals surface area (Å²) >= 11 is 0. The van der Waals surface area contributed by atoms with Crippen LogP contribution >= 0.6 is 0 Å². The van der Waals surface area contributed by atoms with E-state index in [0.717, 1.165) is 5.92 Å². The lowest BCUT2D eigenvalue weighted by atomic mass is 9.94. The van der Waals surface area contributed by atoms with Gasteiger partial charge in [-0.05, 0) is 48.8 Å².